The van der Waals surface area contributed by atoms with E-state index in [0.717, 1.165) is 17.7 Å². The molecule has 1 heterocycles. The van der Waals surface area contributed by atoms with Crippen LogP contribution in [-0.2, 0) is 6.42 Å². The maximum atomic E-state index is 12.1. The lowest BCUT2D eigenvalue weighted by Crippen LogP contribution is -2.31. The third-order valence-corrected chi connectivity index (χ3v) is 3.85. The first kappa shape index (κ1) is 12.3. The number of hydrogen-bond acceptors (Lipinski definition) is 2. The van der Waals surface area contributed by atoms with Gasteiger partial charge in [-0.3, -0.25) is 4.79 Å². The Morgan fingerprint density at radius 1 is 1.42 bits per heavy atom. The topological polar surface area (TPSA) is 42.2 Å². The molecule has 0 saturated carbocycles. The monoisotopic (exact) mass is 275 g/mol. The molecule has 2 aromatic rings. The van der Waals surface area contributed by atoms with E-state index in [4.69, 9.17) is 16.0 Å². The van der Waals surface area contributed by atoms with Crippen molar-refractivity contribution < 1.29 is 9.21 Å². The number of halogens is 1. The number of hydrogen-bond donors (Lipinski definition) is 1. The lowest BCUT2D eigenvalue weighted by atomic mass is 10.1. The zero-order valence-electron chi connectivity index (χ0n) is 10.5. The van der Waals surface area contributed by atoms with Gasteiger partial charge in [-0.1, -0.05) is 24.3 Å². The molecule has 0 spiro atoms. The van der Waals surface area contributed by atoms with Gasteiger partial charge in [0, 0.05) is 0 Å². The molecular formula is C15H14ClNO2. The molecule has 3 nitrogen and oxygen atoms in total. The van der Waals surface area contributed by atoms with Gasteiger partial charge in [-0.05, 0) is 30.5 Å². The second-order valence-electron chi connectivity index (χ2n) is 4.82. The Kier molecular flexibility index (Phi) is 3.07. The summed E-state index contributed by atoms with van der Waals surface area (Å²) in [7, 11) is 0. The first-order valence-electron chi connectivity index (χ1n) is 6.23. The molecule has 3 rings (SSSR count). The Morgan fingerprint density at radius 2 is 2.21 bits per heavy atom. The summed E-state index contributed by atoms with van der Waals surface area (Å²) in [6.07, 6.45) is 2.25. The Labute approximate surface area is 116 Å². The van der Waals surface area contributed by atoms with Gasteiger partial charge >= 0.3 is 0 Å². The van der Waals surface area contributed by atoms with E-state index in [1.54, 1.807) is 6.07 Å². The van der Waals surface area contributed by atoms with Gasteiger partial charge in [-0.2, -0.15) is 0 Å². The highest BCUT2D eigenvalue weighted by Crippen LogP contribution is 2.34. The molecule has 1 aliphatic carbocycles. The van der Waals surface area contributed by atoms with E-state index < -0.39 is 0 Å². The number of carbonyl (C=O) groups excluding carboxylic acids is 1. The zero-order valence-corrected chi connectivity index (χ0v) is 11.3. The Bertz CT molecular complexity index is 620. The van der Waals surface area contributed by atoms with Crippen molar-refractivity contribution in [3.05, 3.63) is 59.0 Å². The summed E-state index contributed by atoms with van der Waals surface area (Å²) in [6, 6.07) is 9.61. The average Bonchev–Trinajstić information content (AvgIpc) is 2.95. The number of benzene rings is 1. The van der Waals surface area contributed by atoms with Crippen LogP contribution in [0.2, 0.25) is 0 Å². The van der Waals surface area contributed by atoms with Crippen molar-refractivity contribution >= 4 is 17.5 Å². The number of nitrogens with one attached hydrogen (secondary N) is 1. The van der Waals surface area contributed by atoms with Crippen LogP contribution in [0.15, 0.2) is 41.0 Å². The van der Waals surface area contributed by atoms with Crippen molar-refractivity contribution in [1.29, 1.82) is 0 Å². The van der Waals surface area contributed by atoms with Gasteiger partial charge in [0.05, 0.1) is 17.0 Å². The van der Waals surface area contributed by atoms with E-state index in [-0.39, 0.29) is 17.3 Å². The van der Waals surface area contributed by atoms with Gasteiger partial charge in [0.15, 0.2) is 0 Å². The fourth-order valence-electron chi connectivity index (χ4n) is 2.50. The highest BCUT2D eigenvalue weighted by atomic mass is 35.5. The summed E-state index contributed by atoms with van der Waals surface area (Å²) in [6.45, 7) is 1.81. The maximum absolute atomic E-state index is 12.1. The van der Waals surface area contributed by atoms with E-state index in [1.807, 2.05) is 25.1 Å². The van der Waals surface area contributed by atoms with Crippen LogP contribution in [-0.4, -0.2) is 11.3 Å². The second-order valence-corrected chi connectivity index (χ2v) is 5.38. The number of aryl methyl sites for hydroxylation is 1. The van der Waals surface area contributed by atoms with Crippen LogP contribution in [0.1, 0.15) is 33.3 Å². The molecule has 0 aliphatic heterocycles. The number of carbonyl (C=O) groups is 1. The van der Waals surface area contributed by atoms with Gasteiger partial charge in [-0.25, -0.2) is 0 Å². The molecule has 0 bridgehead atoms. The zero-order chi connectivity index (χ0) is 13.4. The molecule has 1 aliphatic rings. The molecule has 4 heteroatoms. The van der Waals surface area contributed by atoms with Crippen molar-refractivity contribution in [1.82, 2.24) is 5.32 Å². The number of alkyl halides is 1. The molecular weight excluding hydrogens is 262 g/mol. The largest absolute Gasteiger partial charge is 0.469 e. The molecule has 0 fully saturated rings. The Hall–Kier alpha value is -1.74. The van der Waals surface area contributed by atoms with Crippen molar-refractivity contribution in [2.24, 2.45) is 0 Å². The SMILES string of the molecule is Cc1cc(C(=O)NC2c3ccccc3CC2Cl)co1. The first-order chi connectivity index (χ1) is 9.15. The van der Waals surface area contributed by atoms with Crippen LogP contribution in [0.5, 0.6) is 0 Å². The minimum atomic E-state index is -0.149. The van der Waals surface area contributed by atoms with Crippen LogP contribution in [0.4, 0.5) is 0 Å². The number of amides is 1. The van der Waals surface area contributed by atoms with E-state index in [0.29, 0.717) is 5.56 Å². The Balaban J connectivity index is 1.82. The molecule has 1 N–H and O–H groups in total. The van der Waals surface area contributed by atoms with Gasteiger partial charge in [0.25, 0.3) is 5.91 Å². The lowest BCUT2D eigenvalue weighted by molar-refractivity contribution is 0.0936. The van der Waals surface area contributed by atoms with Gasteiger partial charge in [0.1, 0.15) is 12.0 Å². The molecule has 1 amide bonds. The van der Waals surface area contributed by atoms with Gasteiger partial charge in [0.2, 0.25) is 0 Å². The maximum Gasteiger partial charge on any atom is 0.255 e. The highest BCUT2D eigenvalue weighted by Gasteiger charge is 2.32. The summed E-state index contributed by atoms with van der Waals surface area (Å²) in [5.74, 6) is 0.573. The van der Waals surface area contributed by atoms with Gasteiger partial charge < -0.3 is 9.73 Å². The molecule has 2 unspecified atom stereocenters. The summed E-state index contributed by atoms with van der Waals surface area (Å²) in [5.41, 5.74) is 2.85. The van der Waals surface area contributed by atoms with E-state index >= 15 is 0 Å². The van der Waals surface area contributed by atoms with E-state index in [9.17, 15) is 4.79 Å². The van der Waals surface area contributed by atoms with E-state index in [2.05, 4.69) is 11.4 Å². The number of rotatable bonds is 2. The first-order valence-corrected chi connectivity index (χ1v) is 6.66. The Morgan fingerprint density at radius 3 is 2.95 bits per heavy atom. The highest BCUT2D eigenvalue weighted by molar-refractivity contribution is 6.21. The van der Waals surface area contributed by atoms with Crippen molar-refractivity contribution in [2.45, 2.75) is 24.8 Å². The third-order valence-electron chi connectivity index (χ3n) is 3.45. The summed E-state index contributed by atoms with van der Waals surface area (Å²) < 4.78 is 5.15. The van der Waals surface area contributed by atoms with Crippen LogP contribution in [0.25, 0.3) is 0 Å². The van der Waals surface area contributed by atoms with Crippen LogP contribution in [0, 0.1) is 6.92 Å². The predicted octanol–water partition coefficient (Wildman–Crippen LogP) is 3.22. The van der Waals surface area contributed by atoms with Crippen LogP contribution in [0.3, 0.4) is 0 Å². The second kappa shape index (κ2) is 4.74. The van der Waals surface area contributed by atoms with Gasteiger partial charge in [-0.15, -0.1) is 11.6 Å². The third kappa shape index (κ3) is 2.26. The molecule has 0 saturated heterocycles. The van der Waals surface area contributed by atoms with Crippen LogP contribution >= 0.6 is 11.6 Å². The van der Waals surface area contributed by atoms with Crippen LogP contribution < -0.4 is 5.32 Å². The fourth-order valence-corrected chi connectivity index (χ4v) is 2.87. The summed E-state index contributed by atoms with van der Waals surface area (Å²) in [4.78, 5) is 12.1. The lowest BCUT2D eigenvalue weighted by Gasteiger charge is -2.16. The average molecular weight is 276 g/mol. The quantitative estimate of drug-likeness (QED) is 0.855. The minimum absolute atomic E-state index is 0.102. The molecule has 1 aromatic carbocycles. The van der Waals surface area contributed by atoms with Crippen molar-refractivity contribution in [3.8, 4) is 0 Å². The van der Waals surface area contributed by atoms with Crippen molar-refractivity contribution in [2.75, 3.05) is 0 Å². The summed E-state index contributed by atoms with van der Waals surface area (Å²) in [5, 5.41) is 2.88. The number of furan rings is 1. The summed E-state index contributed by atoms with van der Waals surface area (Å²) >= 11 is 6.34. The van der Waals surface area contributed by atoms with E-state index in [1.165, 1.54) is 11.8 Å². The molecule has 98 valence electrons. The fraction of sp³-hybridized carbons (Fsp3) is 0.267. The minimum Gasteiger partial charge on any atom is -0.469 e. The molecule has 0 radical (unpaired) electrons. The normalized spacial score (nSPS) is 21.2. The molecule has 2 atom stereocenters. The standard InChI is InChI=1S/C15H14ClNO2/c1-9-6-11(8-19-9)15(18)17-14-12-5-3-2-4-10(12)7-13(14)16/h2-6,8,13-14H,7H2,1H3,(H,17,18). The smallest absolute Gasteiger partial charge is 0.255 e. The molecule has 19 heavy (non-hydrogen) atoms. The predicted molar refractivity (Wildman–Crippen MR) is 73.4 cm³/mol. The number of fused-ring (bicyclic) bond motifs is 1. The molecule has 1 aromatic heterocycles. The van der Waals surface area contributed by atoms with Crippen molar-refractivity contribution in [3.63, 3.8) is 0 Å².